The summed E-state index contributed by atoms with van der Waals surface area (Å²) in [7, 11) is 0. The Kier molecular flexibility index (Phi) is 5.68. The van der Waals surface area contributed by atoms with Gasteiger partial charge >= 0.3 is 6.18 Å². The lowest BCUT2D eigenvalue weighted by Gasteiger charge is -2.13. The summed E-state index contributed by atoms with van der Waals surface area (Å²) in [5.74, 6) is -0.640. The van der Waals surface area contributed by atoms with Crippen LogP contribution in [0.1, 0.15) is 29.9 Å². The molecule has 0 aliphatic heterocycles. The van der Waals surface area contributed by atoms with Gasteiger partial charge in [0.05, 0.1) is 0 Å². The van der Waals surface area contributed by atoms with Gasteiger partial charge in [0.15, 0.2) is 5.69 Å². The maximum absolute atomic E-state index is 12.6. The minimum atomic E-state index is -4.57. The largest absolute Gasteiger partial charge is 0.435 e. The highest BCUT2D eigenvalue weighted by Crippen LogP contribution is 2.28. The predicted molar refractivity (Wildman–Crippen MR) is 88.7 cm³/mol. The number of carbonyl (C=O) groups excluding carboxylic acids is 1. The van der Waals surface area contributed by atoms with Gasteiger partial charge < -0.3 is 10.6 Å². The lowest BCUT2D eigenvalue weighted by Crippen LogP contribution is -2.36. The number of H-pyrrole nitrogens is 1. The minimum Gasteiger partial charge on any atom is -0.354 e. The molecule has 0 bridgehead atoms. The van der Waals surface area contributed by atoms with E-state index in [4.69, 9.17) is 11.6 Å². The molecular formula is C15H15ClF3N5O. The average Bonchev–Trinajstić information content (AvgIpc) is 2.95. The van der Waals surface area contributed by atoms with Crippen LogP contribution in [0, 0.1) is 0 Å². The van der Waals surface area contributed by atoms with E-state index < -0.39 is 17.8 Å². The normalized spacial score (nSPS) is 12.4. The number of anilines is 1. The molecule has 0 aliphatic rings. The van der Waals surface area contributed by atoms with Gasteiger partial charge in [0, 0.05) is 22.7 Å². The fourth-order valence-corrected chi connectivity index (χ4v) is 1.91. The number of hydrogen-bond acceptors (Lipinski definition) is 2. The van der Waals surface area contributed by atoms with Gasteiger partial charge in [-0.25, -0.2) is 0 Å². The number of aromatic amines is 1. The van der Waals surface area contributed by atoms with Gasteiger partial charge in [0.2, 0.25) is 5.96 Å². The van der Waals surface area contributed by atoms with Crippen LogP contribution in [-0.2, 0) is 6.18 Å². The number of hydrogen-bond donors (Lipinski definition) is 3. The van der Waals surface area contributed by atoms with E-state index >= 15 is 0 Å². The molecule has 25 heavy (non-hydrogen) atoms. The second-order valence-corrected chi connectivity index (χ2v) is 5.80. The number of halogens is 4. The first-order chi connectivity index (χ1) is 11.6. The second kappa shape index (κ2) is 7.56. The fourth-order valence-electron chi connectivity index (χ4n) is 1.79. The number of benzene rings is 1. The molecule has 0 spiro atoms. The standard InChI is InChI=1S/C15H15ClF3N5O/c1-8(2)20-14(21-12-7-11(23-24-12)15(17,18)19)22-13(25)9-3-5-10(16)6-4-9/h3-8H,1-2H3,(H3,20,21,22,23,24,25). The molecule has 1 heterocycles. The van der Waals surface area contributed by atoms with Crippen molar-refractivity contribution in [1.82, 2.24) is 15.5 Å². The SMILES string of the molecule is CC(C)N/C(=N/C(=O)c1ccc(Cl)cc1)Nc1cc(C(F)(F)F)n[nH]1. The molecule has 2 aromatic rings. The topological polar surface area (TPSA) is 82.2 Å². The Labute approximate surface area is 146 Å². The van der Waals surface area contributed by atoms with Crippen LogP contribution in [0.15, 0.2) is 35.3 Å². The van der Waals surface area contributed by atoms with Crippen molar-refractivity contribution in [3.8, 4) is 0 Å². The number of rotatable bonds is 3. The molecule has 3 N–H and O–H groups in total. The predicted octanol–water partition coefficient (Wildman–Crippen LogP) is 3.69. The molecule has 0 radical (unpaired) electrons. The first-order valence-corrected chi connectivity index (χ1v) is 7.57. The Balaban J connectivity index is 2.21. The Bertz CT molecular complexity index is 768. The molecule has 0 saturated carbocycles. The maximum atomic E-state index is 12.6. The Morgan fingerprint density at radius 3 is 2.44 bits per heavy atom. The van der Waals surface area contributed by atoms with Crippen molar-refractivity contribution >= 4 is 29.3 Å². The number of aliphatic imine (C=N–C) groups is 1. The molecule has 0 fully saturated rings. The third kappa shape index (κ3) is 5.49. The van der Waals surface area contributed by atoms with Gasteiger partial charge in [-0.3, -0.25) is 9.89 Å². The van der Waals surface area contributed by atoms with Crippen molar-refractivity contribution in [2.24, 2.45) is 4.99 Å². The highest BCUT2D eigenvalue weighted by Gasteiger charge is 2.34. The minimum absolute atomic E-state index is 0.00711. The van der Waals surface area contributed by atoms with Crippen molar-refractivity contribution in [2.75, 3.05) is 5.32 Å². The van der Waals surface area contributed by atoms with Crippen LogP contribution in [0.25, 0.3) is 0 Å². The molecular weight excluding hydrogens is 359 g/mol. The van der Waals surface area contributed by atoms with Gasteiger partial charge in [-0.15, -0.1) is 0 Å². The molecule has 6 nitrogen and oxygen atoms in total. The number of amides is 1. The Morgan fingerprint density at radius 2 is 1.92 bits per heavy atom. The molecule has 0 atom stereocenters. The van der Waals surface area contributed by atoms with Crippen molar-refractivity contribution in [1.29, 1.82) is 0 Å². The molecule has 1 amide bonds. The first-order valence-electron chi connectivity index (χ1n) is 7.20. The van der Waals surface area contributed by atoms with E-state index in [1.54, 1.807) is 13.8 Å². The van der Waals surface area contributed by atoms with Crippen LogP contribution in [-0.4, -0.2) is 28.1 Å². The van der Waals surface area contributed by atoms with Crippen molar-refractivity contribution in [2.45, 2.75) is 26.1 Å². The van der Waals surface area contributed by atoms with E-state index in [1.165, 1.54) is 24.3 Å². The van der Waals surface area contributed by atoms with Crippen LogP contribution in [0.5, 0.6) is 0 Å². The number of nitrogens with zero attached hydrogens (tertiary/aromatic N) is 2. The summed E-state index contributed by atoms with van der Waals surface area (Å²) in [6.07, 6.45) is -4.57. The summed E-state index contributed by atoms with van der Waals surface area (Å²) in [5.41, 5.74) is -0.794. The lowest BCUT2D eigenvalue weighted by atomic mass is 10.2. The number of aromatic nitrogens is 2. The summed E-state index contributed by atoms with van der Waals surface area (Å²) in [6.45, 7) is 3.58. The molecule has 0 aliphatic carbocycles. The van der Waals surface area contributed by atoms with E-state index in [0.717, 1.165) is 6.07 Å². The molecule has 0 unspecified atom stereocenters. The number of nitrogens with one attached hydrogen (secondary N) is 3. The fraction of sp³-hybridized carbons (Fsp3) is 0.267. The summed E-state index contributed by atoms with van der Waals surface area (Å²) >= 11 is 5.76. The number of guanidine groups is 1. The van der Waals surface area contributed by atoms with Gasteiger partial charge in [-0.05, 0) is 38.1 Å². The van der Waals surface area contributed by atoms with Crippen LogP contribution in [0.3, 0.4) is 0 Å². The molecule has 1 aromatic heterocycles. The second-order valence-electron chi connectivity index (χ2n) is 5.36. The molecule has 2 rings (SSSR count). The van der Waals surface area contributed by atoms with Crippen molar-refractivity contribution in [3.63, 3.8) is 0 Å². The van der Waals surface area contributed by atoms with E-state index in [9.17, 15) is 18.0 Å². The summed E-state index contributed by atoms with van der Waals surface area (Å²) in [6, 6.07) is 6.74. The van der Waals surface area contributed by atoms with Crippen LogP contribution >= 0.6 is 11.6 Å². The molecule has 0 saturated heterocycles. The highest BCUT2D eigenvalue weighted by molar-refractivity contribution is 6.30. The average molecular weight is 374 g/mol. The Hall–Kier alpha value is -2.55. The highest BCUT2D eigenvalue weighted by atomic mass is 35.5. The van der Waals surface area contributed by atoms with E-state index in [-0.39, 0.29) is 23.4 Å². The molecule has 1 aromatic carbocycles. The van der Waals surface area contributed by atoms with Gasteiger partial charge in [0.1, 0.15) is 5.82 Å². The van der Waals surface area contributed by atoms with Crippen molar-refractivity contribution < 1.29 is 18.0 Å². The smallest absolute Gasteiger partial charge is 0.354 e. The summed E-state index contributed by atoms with van der Waals surface area (Å²) in [5, 5.41) is 11.3. The van der Waals surface area contributed by atoms with Gasteiger partial charge in [-0.2, -0.15) is 23.3 Å². The zero-order valence-corrected chi connectivity index (χ0v) is 14.0. The van der Waals surface area contributed by atoms with Crippen LogP contribution in [0.2, 0.25) is 5.02 Å². The van der Waals surface area contributed by atoms with Crippen LogP contribution < -0.4 is 10.6 Å². The van der Waals surface area contributed by atoms with E-state index in [2.05, 4.69) is 25.8 Å². The van der Waals surface area contributed by atoms with Gasteiger partial charge in [0.25, 0.3) is 5.91 Å². The zero-order valence-electron chi connectivity index (χ0n) is 13.3. The quantitative estimate of drug-likeness (QED) is 0.566. The molecule has 10 heteroatoms. The van der Waals surface area contributed by atoms with E-state index in [1.807, 2.05) is 0 Å². The van der Waals surface area contributed by atoms with Gasteiger partial charge in [-0.1, -0.05) is 11.6 Å². The number of alkyl halides is 3. The monoisotopic (exact) mass is 373 g/mol. The van der Waals surface area contributed by atoms with E-state index in [0.29, 0.717) is 5.02 Å². The zero-order chi connectivity index (χ0) is 18.6. The molecule has 134 valence electrons. The first kappa shape index (κ1) is 18.8. The Morgan fingerprint density at radius 1 is 1.28 bits per heavy atom. The number of carbonyl (C=O) groups is 1. The maximum Gasteiger partial charge on any atom is 0.435 e. The summed E-state index contributed by atoms with van der Waals surface area (Å²) in [4.78, 5) is 16.1. The van der Waals surface area contributed by atoms with Crippen molar-refractivity contribution in [3.05, 3.63) is 46.6 Å². The lowest BCUT2D eigenvalue weighted by molar-refractivity contribution is -0.141. The summed E-state index contributed by atoms with van der Waals surface area (Å²) < 4.78 is 37.8. The third-order valence-electron chi connectivity index (χ3n) is 2.85. The third-order valence-corrected chi connectivity index (χ3v) is 3.10. The van der Waals surface area contributed by atoms with Crippen LogP contribution in [0.4, 0.5) is 19.0 Å².